The number of nitrogens with one attached hydrogen (secondary N) is 1. The molecule has 5 heteroatoms. The summed E-state index contributed by atoms with van der Waals surface area (Å²) in [6.45, 7) is 4.24. The summed E-state index contributed by atoms with van der Waals surface area (Å²) in [6, 6.07) is 0. The van der Waals surface area contributed by atoms with E-state index >= 15 is 0 Å². The minimum atomic E-state index is 0. The molecule has 1 aliphatic heterocycles. The Hall–Kier alpha value is -0.0400. The molecule has 1 saturated heterocycles. The Bertz CT molecular complexity index is 359. The van der Waals surface area contributed by atoms with Crippen LogP contribution in [0.5, 0.6) is 0 Å². The number of halogens is 1. The van der Waals surface area contributed by atoms with Gasteiger partial charge in [0.25, 0.3) is 0 Å². The van der Waals surface area contributed by atoms with Gasteiger partial charge in [0.2, 0.25) is 0 Å². The fraction of sp³-hybridized carbons (Fsp3) is 0.944. The summed E-state index contributed by atoms with van der Waals surface area (Å²) < 4.78 is 6.16. The first-order chi connectivity index (χ1) is 10.8. The second kappa shape index (κ2) is 10.1. The zero-order chi connectivity index (χ0) is 15.2. The topological polar surface area (TPSA) is 36.9 Å². The van der Waals surface area contributed by atoms with Crippen LogP contribution in [0.4, 0.5) is 0 Å². The van der Waals surface area contributed by atoms with Gasteiger partial charge in [0.15, 0.2) is 5.96 Å². The number of hydrogen-bond acceptors (Lipinski definition) is 2. The van der Waals surface area contributed by atoms with Crippen molar-refractivity contribution < 1.29 is 4.74 Å². The van der Waals surface area contributed by atoms with Gasteiger partial charge in [-0.3, -0.25) is 4.99 Å². The molecular formula is C18H34IN3O. The van der Waals surface area contributed by atoms with E-state index in [1.54, 1.807) is 0 Å². The van der Waals surface area contributed by atoms with Gasteiger partial charge in [-0.25, -0.2) is 0 Å². The third-order valence-corrected chi connectivity index (χ3v) is 5.53. The van der Waals surface area contributed by atoms with Gasteiger partial charge in [-0.15, -0.1) is 24.0 Å². The van der Waals surface area contributed by atoms with Crippen molar-refractivity contribution in [1.82, 2.24) is 10.2 Å². The van der Waals surface area contributed by atoms with Crippen molar-refractivity contribution in [2.45, 2.75) is 63.9 Å². The molecule has 0 aromatic heterocycles. The number of rotatable bonds is 6. The van der Waals surface area contributed by atoms with E-state index in [-0.39, 0.29) is 24.0 Å². The highest BCUT2D eigenvalue weighted by molar-refractivity contribution is 14.0. The third kappa shape index (κ3) is 6.40. The van der Waals surface area contributed by atoms with Gasteiger partial charge in [0, 0.05) is 33.3 Å². The molecule has 1 N–H and O–H groups in total. The van der Waals surface area contributed by atoms with E-state index in [2.05, 4.69) is 15.2 Å². The van der Waals surface area contributed by atoms with Crippen LogP contribution >= 0.6 is 24.0 Å². The standard InChI is InChI=1S/C18H33N3O.HI/c1-19-18(20-11-8-15-6-7-15)21-12-9-17(10-13-21)22-14-16-4-2-3-5-16;/h15-17H,2-14H2,1H3,(H,19,20);1H. The zero-order valence-electron chi connectivity index (χ0n) is 14.6. The first-order valence-electron chi connectivity index (χ1n) is 9.42. The average molecular weight is 435 g/mol. The van der Waals surface area contributed by atoms with E-state index in [0.717, 1.165) is 56.9 Å². The van der Waals surface area contributed by atoms with Crippen LogP contribution in [0.25, 0.3) is 0 Å². The van der Waals surface area contributed by atoms with Gasteiger partial charge in [-0.2, -0.15) is 0 Å². The van der Waals surface area contributed by atoms with Crippen LogP contribution in [0.1, 0.15) is 57.8 Å². The van der Waals surface area contributed by atoms with Crippen LogP contribution in [0, 0.1) is 11.8 Å². The Balaban J connectivity index is 0.00000192. The van der Waals surface area contributed by atoms with Crippen LogP contribution in [-0.2, 0) is 4.74 Å². The lowest BCUT2D eigenvalue weighted by Gasteiger charge is -2.34. The molecule has 3 fully saturated rings. The number of guanidine groups is 1. The molecule has 0 spiro atoms. The number of aliphatic imine (C=N–C) groups is 1. The Kier molecular flexibility index (Phi) is 8.44. The van der Waals surface area contributed by atoms with Crippen molar-refractivity contribution >= 4 is 29.9 Å². The molecule has 0 atom stereocenters. The summed E-state index contributed by atoms with van der Waals surface area (Å²) in [6.07, 6.45) is 12.5. The summed E-state index contributed by atoms with van der Waals surface area (Å²) >= 11 is 0. The quantitative estimate of drug-likeness (QED) is 0.393. The van der Waals surface area contributed by atoms with Crippen LogP contribution in [0.15, 0.2) is 4.99 Å². The molecule has 4 nitrogen and oxygen atoms in total. The van der Waals surface area contributed by atoms with Gasteiger partial charge in [-0.05, 0) is 43.9 Å². The van der Waals surface area contributed by atoms with Gasteiger partial charge < -0.3 is 15.0 Å². The normalized spacial score (nSPS) is 23.9. The van der Waals surface area contributed by atoms with E-state index in [4.69, 9.17) is 4.74 Å². The molecule has 2 saturated carbocycles. The maximum absolute atomic E-state index is 6.16. The van der Waals surface area contributed by atoms with Gasteiger partial charge in [0.05, 0.1) is 6.10 Å². The highest BCUT2D eigenvalue weighted by atomic mass is 127. The fourth-order valence-corrected chi connectivity index (χ4v) is 3.81. The highest BCUT2D eigenvalue weighted by Gasteiger charge is 2.24. The van der Waals surface area contributed by atoms with Crippen molar-refractivity contribution in [2.24, 2.45) is 16.8 Å². The zero-order valence-corrected chi connectivity index (χ0v) is 17.0. The first kappa shape index (κ1) is 19.3. The first-order valence-corrected chi connectivity index (χ1v) is 9.42. The molecule has 134 valence electrons. The van der Waals surface area contributed by atoms with E-state index in [9.17, 15) is 0 Å². The van der Waals surface area contributed by atoms with Crippen LogP contribution < -0.4 is 5.32 Å². The lowest BCUT2D eigenvalue weighted by molar-refractivity contribution is 0.00102. The Labute approximate surface area is 158 Å². The molecule has 2 aliphatic carbocycles. The third-order valence-electron chi connectivity index (χ3n) is 5.53. The van der Waals surface area contributed by atoms with Crippen molar-refractivity contribution in [3.8, 4) is 0 Å². The average Bonchev–Trinajstić information content (AvgIpc) is 3.23. The van der Waals surface area contributed by atoms with Gasteiger partial charge in [-0.1, -0.05) is 25.7 Å². The highest BCUT2D eigenvalue weighted by Crippen LogP contribution is 2.31. The summed E-state index contributed by atoms with van der Waals surface area (Å²) in [4.78, 5) is 6.86. The molecule has 1 heterocycles. The smallest absolute Gasteiger partial charge is 0.193 e. The van der Waals surface area contributed by atoms with Crippen molar-refractivity contribution in [1.29, 1.82) is 0 Å². The predicted molar refractivity (Wildman–Crippen MR) is 107 cm³/mol. The Morgan fingerprint density at radius 1 is 1.04 bits per heavy atom. The molecule has 0 amide bonds. The largest absolute Gasteiger partial charge is 0.378 e. The summed E-state index contributed by atoms with van der Waals surface area (Å²) in [5.41, 5.74) is 0. The summed E-state index contributed by atoms with van der Waals surface area (Å²) in [5.74, 6) is 2.92. The maximum Gasteiger partial charge on any atom is 0.193 e. The van der Waals surface area contributed by atoms with Gasteiger partial charge >= 0.3 is 0 Å². The van der Waals surface area contributed by atoms with E-state index in [1.165, 1.54) is 44.9 Å². The molecule has 3 rings (SSSR count). The van der Waals surface area contributed by atoms with Crippen molar-refractivity contribution in [3.05, 3.63) is 0 Å². The lowest BCUT2D eigenvalue weighted by Crippen LogP contribution is -2.47. The Morgan fingerprint density at radius 2 is 1.74 bits per heavy atom. The minimum absolute atomic E-state index is 0. The second-order valence-electron chi connectivity index (χ2n) is 7.38. The number of piperidine rings is 1. The van der Waals surface area contributed by atoms with E-state index in [1.807, 2.05) is 7.05 Å². The Morgan fingerprint density at radius 3 is 2.35 bits per heavy atom. The molecule has 3 aliphatic rings. The molecule has 0 aromatic rings. The van der Waals surface area contributed by atoms with E-state index < -0.39 is 0 Å². The van der Waals surface area contributed by atoms with Crippen LogP contribution in [0.3, 0.4) is 0 Å². The monoisotopic (exact) mass is 435 g/mol. The van der Waals surface area contributed by atoms with Crippen molar-refractivity contribution in [3.63, 3.8) is 0 Å². The lowest BCUT2D eigenvalue weighted by atomic mass is 10.1. The van der Waals surface area contributed by atoms with Gasteiger partial charge in [0.1, 0.15) is 0 Å². The maximum atomic E-state index is 6.16. The van der Waals surface area contributed by atoms with Crippen LogP contribution in [0.2, 0.25) is 0 Å². The molecule has 0 radical (unpaired) electrons. The van der Waals surface area contributed by atoms with E-state index in [0.29, 0.717) is 6.10 Å². The van der Waals surface area contributed by atoms with Crippen molar-refractivity contribution in [2.75, 3.05) is 33.3 Å². The number of ether oxygens (including phenoxy) is 1. The SMILES string of the molecule is CN=C(NCCC1CC1)N1CCC(OCC2CCCC2)CC1.I. The number of nitrogens with zero attached hydrogens (tertiary/aromatic N) is 2. The van der Waals surface area contributed by atoms with Crippen LogP contribution in [-0.4, -0.2) is 50.3 Å². The number of likely N-dealkylation sites (tertiary alicyclic amines) is 1. The number of hydrogen-bond donors (Lipinski definition) is 1. The second-order valence-corrected chi connectivity index (χ2v) is 7.38. The molecular weight excluding hydrogens is 401 g/mol. The predicted octanol–water partition coefficient (Wildman–Crippen LogP) is 3.65. The summed E-state index contributed by atoms with van der Waals surface area (Å²) in [5, 5.41) is 3.54. The fourth-order valence-electron chi connectivity index (χ4n) is 3.81. The molecule has 0 aromatic carbocycles. The molecule has 0 bridgehead atoms. The molecule has 0 unspecified atom stereocenters. The summed E-state index contributed by atoms with van der Waals surface area (Å²) in [7, 11) is 1.90. The minimum Gasteiger partial charge on any atom is -0.378 e. The molecule has 23 heavy (non-hydrogen) atoms.